The van der Waals surface area contributed by atoms with Crippen molar-refractivity contribution in [2.24, 2.45) is 5.92 Å². The van der Waals surface area contributed by atoms with Crippen LogP contribution in [0, 0.1) is 5.92 Å². The van der Waals surface area contributed by atoms with E-state index in [0.29, 0.717) is 16.4 Å². The fourth-order valence-corrected chi connectivity index (χ4v) is 1.95. The molecule has 1 atom stereocenters. The summed E-state index contributed by atoms with van der Waals surface area (Å²) in [5.74, 6) is 0.134. The van der Waals surface area contributed by atoms with E-state index in [1.165, 1.54) is 0 Å². The summed E-state index contributed by atoms with van der Waals surface area (Å²) in [6, 6.07) is 5.15. The average molecular weight is 269 g/mol. The van der Waals surface area contributed by atoms with Gasteiger partial charge in [0.1, 0.15) is 0 Å². The van der Waals surface area contributed by atoms with Crippen molar-refractivity contribution in [3.63, 3.8) is 0 Å². The Labute approximate surface area is 114 Å². The number of carbonyl (C=O) groups is 1. The van der Waals surface area contributed by atoms with E-state index in [9.17, 15) is 4.79 Å². The zero-order chi connectivity index (χ0) is 13.5. The third-order valence-electron chi connectivity index (χ3n) is 3.03. The number of halogens is 1. The number of nitrogen functional groups attached to an aromatic ring is 1. The van der Waals surface area contributed by atoms with E-state index in [0.717, 1.165) is 25.7 Å². The number of carbonyl (C=O) groups excluding carboxylic acids is 1. The Balaban J connectivity index is 2.64. The van der Waals surface area contributed by atoms with Crippen LogP contribution in [0.4, 0.5) is 11.4 Å². The number of benzene rings is 1. The van der Waals surface area contributed by atoms with Gasteiger partial charge in [0.15, 0.2) is 0 Å². The quantitative estimate of drug-likeness (QED) is 0.764. The van der Waals surface area contributed by atoms with Gasteiger partial charge >= 0.3 is 0 Å². The summed E-state index contributed by atoms with van der Waals surface area (Å²) in [5, 5.41) is 3.40. The van der Waals surface area contributed by atoms with Gasteiger partial charge in [0.05, 0.1) is 10.7 Å². The molecule has 1 amide bonds. The highest BCUT2D eigenvalue weighted by atomic mass is 35.5. The Kier molecular flexibility index (Phi) is 5.99. The van der Waals surface area contributed by atoms with Crippen LogP contribution >= 0.6 is 11.6 Å². The Morgan fingerprint density at radius 2 is 2.17 bits per heavy atom. The van der Waals surface area contributed by atoms with Crippen molar-refractivity contribution in [3.05, 3.63) is 23.2 Å². The predicted molar refractivity (Wildman–Crippen MR) is 77.8 cm³/mol. The molecule has 0 aromatic heterocycles. The van der Waals surface area contributed by atoms with E-state index in [-0.39, 0.29) is 11.8 Å². The van der Waals surface area contributed by atoms with Crippen LogP contribution in [0.2, 0.25) is 5.02 Å². The standard InChI is InChI=1S/C14H21ClN2O/c1-3-5-6-10(4-2)14(18)17-11-7-8-12(15)13(16)9-11/h7-10H,3-6,16H2,1-2H3,(H,17,18)/t10-/m0/s1. The highest BCUT2D eigenvalue weighted by Crippen LogP contribution is 2.23. The Bertz CT molecular complexity index is 407. The molecule has 100 valence electrons. The Morgan fingerprint density at radius 3 is 2.72 bits per heavy atom. The van der Waals surface area contributed by atoms with Crippen LogP contribution in [0.25, 0.3) is 0 Å². The number of hydrogen-bond acceptors (Lipinski definition) is 2. The summed E-state index contributed by atoms with van der Waals surface area (Å²) in [5.41, 5.74) is 6.89. The number of hydrogen-bond donors (Lipinski definition) is 2. The molecule has 1 aromatic carbocycles. The number of nitrogens with one attached hydrogen (secondary N) is 1. The molecule has 0 fully saturated rings. The first-order valence-corrected chi connectivity index (χ1v) is 6.82. The van der Waals surface area contributed by atoms with Crippen LogP contribution in [-0.2, 0) is 4.79 Å². The van der Waals surface area contributed by atoms with E-state index in [1.54, 1.807) is 18.2 Å². The van der Waals surface area contributed by atoms with E-state index in [4.69, 9.17) is 17.3 Å². The van der Waals surface area contributed by atoms with Crippen molar-refractivity contribution in [2.45, 2.75) is 39.5 Å². The molecule has 0 unspecified atom stereocenters. The van der Waals surface area contributed by atoms with Crippen LogP contribution < -0.4 is 11.1 Å². The first kappa shape index (κ1) is 14.8. The third-order valence-corrected chi connectivity index (χ3v) is 3.38. The van der Waals surface area contributed by atoms with Gasteiger partial charge in [-0.2, -0.15) is 0 Å². The first-order chi connectivity index (χ1) is 8.58. The van der Waals surface area contributed by atoms with Gasteiger partial charge in [0.2, 0.25) is 5.91 Å². The molecule has 1 rings (SSSR count). The lowest BCUT2D eigenvalue weighted by Gasteiger charge is -2.15. The van der Waals surface area contributed by atoms with Crippen molar-refractivity contribution in [1.82, 2.24) is 0 Å². The summed E-state index contributed by atoms with van der Waals surface area (Å²) in [6.07, 6.45) is 3.98. The molecule has 0 saturated carbocycles. The van der Waals surface area contributed by atoms with Gasteiger partial charge in [-0.25, -0.2) is 0 Å². The van der Waals surface area contributed by atoms with Crippen LogP contribution in [0.1, 0.15) is 39.5 Å². The maximum absolute atomic E-state index is 12.1. The topological polar surface area (TPSA) is 55.1 Å². The molecule has 0 aliphatic carbocycles. The second-order valence-corrected chi connectivity index (χ2v) is 4.88. The molecule has 0 aliphatic heterocycles. The highest BCUT2D eigenvalue weighted by Gasteiger charge is 2.15. The summed E-state index contributed by atoms with van der Waals surface area (Å²) < 4.78 is 0. The fraction of sp³-hybridized carbons (Fsp3) is 0.500. The number of nitrogens with two attached hydrogens (primary N) is 1. The van der Waals surface area contributed by atoms with E-state index in [1.807, 2.05) is 6.92 Å². The maximum atomic E-state index is 12.1. The van der Waals surface area contributed by atoms with E-state index in [2.05, 4.69) is 12.2 Å². The zero-order valence-electron chi connectivity index (χ0n) is 11.0. The monoisotopic (exact) mass is 268 g/mol. The van der Waals surface area contributed by atoms with Gasteiger partial charge in [-0.15, -0.1) is 0 Å². The summed E-state index contributed by atoms with van der Waals surface area (Å²) in [6.45, 7) is 4.17. The second-order valence-electron chi connectivity index (χ2n) is 4.47. The van der Waals surface area contributed by atoms with Crippen molar-refractivity contribution in [1.29, 1.82) is 0 Å². The smallest absolute Gasteiger partial charge is 0.227 e. The minimum absolute atomic E-state index is 0.0627. The normalized spacial score (nSPS) is 12.2. The average Bonchev–Trinajstić information content (AvgIpc) is 2.35. The maximum Gasteiger partial charge on any atom is 0.227 e. The van der Waals surface area contributed by atoms with E-state index < -0.39 is 0 Å². The molecule has 0 bridgehead atoms. The molecular formula is C14H21ClN2O. The molecule has 18 heavy (non-hydrogen) atoms. The minimum atomic E-state index is 0.0627. The Hall–Kier alpha value is -1.22. The third kappa shape index (κ3) is 4.22. The molecule has 0 aliphatic rings. The van der Waals surface area contributed by atoms with Crippen molar-refractivity contribution in [2.75, 3.05) is 11.1 Å². The summed E-state index contributed by atoms with van der Waals surface area (Å²) >= 11 is 5.84. The SMILES string of the molecule is CCCC[C@H](CC)C(=O)Nc1ccc(Cl)c(N)c1. The number of unbranched alkanes of at least 4 members (excludes halogenated alkanes) is 1. The van der Waals surface area contributed by atoms with Gasteiger partial charge in [0, 0.05) is 11.6 Å². The summed E-state index contributed by atoms with van der Waals surface area (Å²) in [4.78, 5) is 12.1. The van der Waals surface area contributed by atoms with Crippen LogP contribution in [0.15, 0.2) is 18.2 Å². The largest absolute Gasteiger partial charge is 0.397 e. The molecule has 0 radical (unpaired) electrons. The van der Waals surface area contributed by atoms with Crippen LogP contribution in [0.5, 0.6) is 0 Å². The number of rotatable bonds is 6. The zero-order valence-corrected chi connectivity index (χ0v) is 11.8. The molecule has 3 N–H and O–H groups in total. The molecule has 4 heteroatoms. The Morgan fingerprint density at radius 1 is 1.44 bits per heavy atom. The predicted octanol–water partition coefficient (Wildman–Crippen LogP) is 4.08. The van der Waals surface area contributed by atoms with Gasteiger partial charge in [-0.05, 0) is 31.0 Å². The lowest BCUT2D eigenvalue weighted by Crippen LogP contribution is -2.22. The summed E-state index contributed by atoms with van der Waals surface area (Å²) in [7, 11) is 0. The molecule has 0 saturated heterocycles. The molecular weight excluding hydrogens is 248 g/mol. The molecule has 3 nitrogen and oxygen atoms in total. The van der Waals surface area contributed by atoms with Crippen molar-refractivity contribution < 1.29 is 4.79 Å². The van der Waals surface area contributed by atoms with Gasteiger partial charge in [-0.1, -0.05) is 38.3 Å². The lowest BCUT2D eigenvalue weighted by atomic mass is 9.98. The molecule has 0 spiro atoms. The van der Waals surface area contributed by atoms with Gasteiger partial charge < -0.3 is 11.1 Å². The second kappa shape index (κ2) is 7.27. The van der Waals surface area contributed by atoms with Gasteiger partial charge in [-0.3, -0.25) is 4.79 Å². The van der Waals surface area contributed by atoms with Crippen LogP contribution in [0.3, 0.4) is 0 Å². The molecule has 0 heterocycles. The lowest BCUT2D eigenvalue weighted by molar-refractivity contribution is -0.120. The molecule has 1 aromatic rings. The minimum Gasteiger partial charge on any atom is -0.397 e. The number of amides is 1. The fourth-order valence-electron chi connectivity index (χ4n) is 1.84. The number of anilines is 2. The van der Waals surface area contributed by atoms with Crippen molar-refractivity contribution in [3.8, 4) is 0 Å². The van der Waals surface area contributed by atoms with Crippen LogP contribution in [-0.4, -0.2) is 5.91 Å². The van der Waals surface area contributed by atoms with Gasteiger partial charge in [0.25, 0.3) is 0 Å². The highest BCUT2D eigenvalue weighted by molar-refractivity contribution is 6.33. The van der Waals surface area contributed by atoms with Crippen molar-refractivity contribution >= 4 is 28.9 Å². The first-order valence-electron chi connectivity index (χ1n) is 6.44. The van der Waals surface area contributed by atoms with E-state index >= 15 is 0 Å².